The van der Waals surface area contributed by atoms with Crippen LogP contribution in [0.5, 0.6) is 5.75 Å². The fourth-order valence-corrected chi connectivity index (χ4v) is 3.97. The molecule has 0 spiro atoms. The number of benzene rings is 2. The number of hydrogen-bond acceptors (Lipinski definition) is 6. The van der Waals surface area contributed by atoms with E-state index >= 15 is 0 Å². The lowest BCUT2D eigenvalue weighted by atomic mass is 10.1. The van der Waals surface area contributed by atoms with Crippen LogP contribution >= 0.6 is 11.6 Å². The minimum atomic E-state index is -4.69. The quantitative estimate of drug-likeness (QED) is 0.303. The van der Waals surface area contributed by atoms with Crippen molar-refractivity contribution in [3.63, 3.8) is 0 Å². The Labute approximate surface area is 227 Å². The molecule has 0 radical (unpaired) electrons. The molecule has 0 aliphatic carbocycles. The number of hydrogen-bond donors (Lipinski definition) is 1. The van der Waals surface area contributed by atoms with Gasteiger partial charge < -0.3 is 10.1 Å². The Bertz CT molecular complexity index is 1530. The van der Waals surface area contributed by atoms with Crippen molar-refractivity contribution in [2.24, 2.45) is 0 Å². The Morgan fingerprint density at radius 3 is 2.67 bits per heavy atom. The average Bonchev–Trinajstić information content (AvgIpc) is 3.30. The molecule has 0 saturated carbocycles. The summed E-state index contributed by atoms with van der Waals surface area (Å²) in [7, 11) is 0. The molecule has 1 atom stereocenters. The fraction of sp³-hybridized carbons (Fsp3) is 0.222. The van der Waals surface area contributed by atoms with Gasteiger partial charge in [-0.25, -0.2) is 9.97 Å². The van der Waals surface area contributed by atoms with Gasteiger partial charge in [0.2, 0.25) is 0 Å². The first-order chi connectivity index (χ1) is 18.5. The summed E-state index contributed by atoms with van der Waals surface area (Å²) in [6.45, 7) is 3.36. The van der Waals surface area contributed by atoms with Gasteiger partial charge in [0.25, 0.3) is 5.91 Å². The molecule has 4 aromatic rings. The van der Waals surface area contributed by atoms with Crippen molar-refractivity contribution in [2.45, 2.75) is 32.5 Å². The molecule has 0 aliphatic heterocycles. The second kappa shape index (κ2) is 11.5. The zero-order valence-electron chi connectivity index (χ0n) is 20.8. The topological polar surface area (TPSA) is 106 Å². The van der Waals surface area contributed by atoms with E-state index in [0.717, 1.165) is 17.7 Å². The Balaban J connectivity index is 1.54. The average molecular weight is 555 g/mol. The lowest BCUT2D eigenvalue weighted by Crippen LogP contribution is -2.29. The summed E-state index contributed by atoms with van der Waals surface area (Å²) in [5.41, 5.74) is -0.0267. The van der Waals surface area contributed by atoms with Crippen molar-refractivity contribution in [3.05, 3.63) is 99.7 Å². The third kappa shape index (κ3) is 6.91. The van der Waals surface area contributed by atoms with Crippen molar-refractivity contribution >= 4 is 17.5 Å². The predicted molar refractivity (Wildman–Crippen MR) is 137 cm³/mol. The van der Waals surface area contributed by atoms with Gasteiger partial charge in [-0.05, 0) is 61.9 Å². The number of nitriles is 1. The lowest BCUT2D eigenvalue weighted by Gasteiger charge is -2.16. The van der Waals surface area contributed by atoms with Crippen LogP contribution in [0.25, 0.3) is 5.82 Å². The molecule has 8 nitrogen and oxygen atoms in total. The molecule has 39 heavy (non-hydrogen) atoms. The number of rotatable bonds is 8. The van der Waals surface area contributed by atoms with Crippen molar-refractivity contribution in [1.29, 1.82) is 5.26 Å². The molecule has 0 fully saturated rings. The van der Waals surface area contributed by atoms with Crippen LogP contribution in [0.4, 0.5) is 13.2 Å². The number of alkyl halides is 3. The Morgan fingerprint density at radius 2 is 2.00 bits per heavy atom. The number of nitrogens with one attached hydrogen (secondary N) is 1. The number of amides is 1. The van der Waals surface area contributed by atoms with Crippen LogP contribution in [0.1, 0.15) is 51.7 Å². The minimum absolute atomic E-state index is 0.0824. The highest BCUT2D eigenvalue weighted by Crippen LogP contribution is 2.33. The van der Waals surface area contributed by atoms with Gasteiger partial charge in [-0.2, -0.15) is 23.1 Å². The summed E-state index contributed by atoms with van der Waals surface area (Å²) in [4.78, 5) is 21.6. The first kappa shape index (κ1) is 27.6. The van der Waals surface area contributed by atoms with Crippen molar-refractivity contribution in [3.8, 4) is 17.6 Å². The number of carbonyl (C=O) groups is 1. The molecule has 2 aromatic carbocycles. The smallest absolute Gasteiger partial charge is 0.416 e. The Kier molecular flexibility index (Phi) is 8.16. The van der Waals surface area contributed by atoms with E-state index in [0.29, 0.717) is 34.5 Å². The molecule has 200 valence electrons. The normalized spacial score (nSPS) is 12.0. The number of aryl methyl sites for hydroxylation is 1. The first-order valence-corrected chi connectivity index (χ1v) is 12.1. The van der Waals surface area contributed by atoms with Gasteiger partial charge in [0.05, 0.1) is 23.8 Å². The van der Waals surface area contributed by atoms with Crippen LogP contribution in [0, 0.1) is 18.3 Å². The second-order valence-corrected chi connectivity index (χ2v) is 9.05. The van der Waals surface area contributed by atoms with Gasteiger partial charge in [-0.3, -0.25) is 4.79 Å². The van der Waals surface area contributed by atoms with Crippen LogP contribution in [-0.2, 0) is 12.6 Å². The highest BCUT2D eigenvalue weighted by molar-refractivity contribution is 6.30. The molecular formula is C27H22ClF3N6O2. The molecule has 0 saturated heterocycles. The van der Waals surface area contributed by atoms with Gasteiger partial charge in [-0.1, -0.05) is 23.7 Å². The summed E-state index contributed by atoms with van der Waals surface area (Å²) in [5, 5.41) is 16.5. The van der Waals surface area contributed by atoms with Crippen molar-refractivity contribution < 1.29 is 22.7 Å². The zero-order chi connectivity index (χ0) is 28.2. The highest BCUT2D eigenvalue weighted by atomic mass is 35.5. The Hall–Kier alpha value is -4.43. The number of nitrogens with zero attached hydrogens (tertiary/aromatic N) is 5. The molecular weight excluding hydrogens is 533 g/mol. The van der Waals surface area contributed by atoms with Crippen LogP contribution < -0.4 is 10.1 Å². The molecule has 0 aliphatic rings. The fourth-order valence-electron chi connectivity index (χ4n) is 3.76. The lowest BCUT2D eigenvalue weighted by molar-refractivity contribution is -0.137. The van der Waals surface area contributed by atoms with E-state index in [1.54, 1.807) is 44.2 Å². The van der Waals surface area contributed by atoms with E-state index in [4.69, 9.17) is 21.6 Å². The summed E-state index contributed by atoms with van der Waals surface area (Å²) < 4.78 is 47.8. The molecule has 1 amide bonds. The molecule has 4 rings (SSSR count). The van der Waals surface area contributed by atoms with Gasteiger partial charge in [0.1, 0.15) is 17.6 Å². The van der Waals surface area contributed by atoms with E-state index < -0.39 is 23.7 Å². The maximum atomic E-state index is 13.6. The molecule has 0 bridgehead atoms. The van der Waals surface area contributed by atoms with Gasteiger partial charge in [0.15, 0.2) is 11.6 Å². The van der Waals surface area contributed by atoms with E-state index in [2.05, 4.69) is 20.4 Å². The SMILES string of the molecule is Cc1nc([C@H](C)NC(=O)c2cc(OCCc3cccc(Cl)c3)cc(C(F)(F)F)c2)n(-c2ccc(C#N)cn2)n1. The highest BCUT2D eigenvalue weighted by Gasteiger charge is 2.32. The summed E-state index contributed by atoms with van der Waals surface area (Å²) in [6, 6.07) is 14.3. The van der Waals surface area contributed by atoms with E-state index in [9.17, 15) is 18.0 Å². The predicted octanol–water partition coefficient (Wildman–Crippen LogP) is 5.63. The van der Waals surface area contributed by atoms with Gasteiger partial charge >= 0.3 is 6.18 Å². The van der Waals surface area contributed by atoms with E-state index in [-0.39, 0.29) is 17.9 Å². The number of carbonyl (C=O) groups excluding carboxylic acids is 1. The number of pyridine rings is 1. The molecule has 2 heterocycles. The van der Waals surface area contributed by atoms with Crippen LogP contribution in [-0.4, -0.2) is 32.3 Å². The first-order valence-electron chi connectivity index (χ1n) is 11.7. The summed E-state index contributed by atoms with van der Waals surface area (Å²) >= 11 is 5.98. The van der Waals surface area contributed by atoms with E-state index in [1.165, 1.54) is 16.9 Å². The molecule has 2 aromatic heterocycles. The van der Waals surface area contributed by atoms with Crippen molar-refractivity contribution in [2.75, 3.05) is 6.61 Å². The van der Waals surface area contributed by atoms with Gasteiger partial charge in [-0.15, -0.1) is 5.10 Å². The van der Waals surface area contributed by atoms with Crippen LogP contribution in [0.2, 0.25) is 5.02 Å². The third-order valence-corrected chi connectivity index (χ3v) is 5.85. The van der Waals surface area contributed by atoms with Gasteiger partial charge in [0, 0.05) is 23.2 Å². The summed E-state index contributed by atoms with van der Waals surface area (Å²) in [6.07, 6.45) is -2.91. The van der Waals surface area contributed by atoms with Crippen LogP contribution in [0.15, 0.2) is 60.8 Å². The largest absolute Gasteiger partial charge is 0.493 e. The zero-order valence-corrected chi connectivity index (χ0v) is 21.6. The Morgan fingerprint density at radius 1 is 1.21 bits per heavy atom. The van der Waals surface area contributed by atoms with E-state index in [1.807, 2.05) is 12.1 Å². The molecule has 0 unspecified atom stereocenters. The number of ether oxygens (including phenoxy) is 1. The summed E-state index contributed by atoms with van der Waals surface area (Å²) in [5.74, 6) is 0.216. The number of aromatic nitrogens is 4. The van der Waals surface area contributed by atoms with Crippen molar-refractivity contribution in [1.82, 2.24) is 25.1 Å². The minimum Gasteiger partial charge on any atom is -0.493 e. The monoisotopic (exact) mass is 554 g/mol. The second-order valence-electron chi connectivity index (χ2n) is 8.61. The molecule has 12 heteroatoms. The third-order valence-electron chi connectivity index (χ3n) is 5.61. The molecule has 1 N–H and O–H groups in total. The van der Waals surface area contributed by atoms with Crippen LogP contribution in [0.3, 0.4) is 0 Å². The standard InChI is InChI=1S/C27H22ClF3N6O2/c1-16(25-35-17(2)36-37(25)24-7-6-19(14-32)15-33-24)34-26(38)20-11-21(27(29,30)31)13-23(12-20)39-9-8-18-4-3-5-22(28)10-18/h3-7,10-13,15-16H,8-9H2,1-2H3,(H,34,38)/t16-/m0/s1. The number of halogens is 4. The maximum absolute atomic E-state index is 13.6. The maximum Gasteiger partial charge on any atom is 0.416 e.